The van der Waals surface area contributed by atoms with Crippen molar-refractivity contribution in [1.29, 1.82) is 0 Å². The second kappa shape index (κ2) is 6.37. The Morgan fingerprint density at radius 3 is 2.96 bits per heavy atom. The Bertz CT molecular complexity index is 821. The van der Waals surface area contributed by atoms with Gasteiger partial charge in [-0.1, -0.05) is 12.1 Å². The summed E-state index contributed by atoms with van der Waals surface area (Å²) in [5.74, 6) is 1.21. The summed E-state index contributed by atoms with van der Waals surface area (Å²) in [4.78, 5) is 18.9. The van der Waals surface area contributed by atoms with E-state index in [1.54, 1.807) is 14.2 Å². The molecule has 0 fully saturated rings. The number of fused-ring (bicyclic) bond motifs is 2. The molecule has 0 amide bonds. The fraction of sp³-hybridized carbons (Fsp3) is 0.368. The lowest BCUT2D eigenvalue weighted by Crippen LogP contribution is -2.31. The standard InChI is InChI=1S/C19H20N2O4/c1-23-11-16-14-8-12-6-7-21(17-4-3-5-18(20-17)24-2)10-13(12)9-15(14)19(22)25-16/h3-5,8-9,16H,6-7,10-11H2,1-2H3. The summed E-state index contributed by atoms with van der Waals surface area (Å²) in [6.45, 7) is 1.97. The van der Waals surface area contributed by atoms with E-state index in [9.17, 15) is 4.79 Å². The zero-order chi connectivity index (χ0) is 17.4. The fourth-order valence-electron chi connectivity index (χ4n) is 3.49. The summed E-state index contributed by atoms with van der Waals surface area (Å²) >= 11 is 0. The first-order valence-corrected chi connectivity index (χ1v) is 8.31. The van der Waals surface area contributed by atoms with Gasteiger partial charge in [-0.25, -0.2) is 4.79 Å². The normalized spacial score (nSPS) is 18.6. The minimum atomic E-state index is -0.295. The van der Waals surface area contributed by atoms with Gasteiger partial charge in [-0.3, -0.25) is 0 Å². The molecular weight excluding hydrogens is 320 g/mol. The third kappa shape index (κ3) is 2.82. The highest BCUT2D eigenvalue weighted by Crippen LogP contribution is 2.35. The molecule has 3 heterocycles. The van der Waals surface area contributed by atoms with E-state index in [1.165, 1.54) is 5.56 Å². The van der Waals surface area contributed by atoms with Crippen LogP contribution >= 0.6 is 0 Å². The Morgan fingerprint density at radius 1 is 1.28 bits per heavy atom. The topological polar surface area (TPSA) is 60.9 Å². The summed E-state index contributed by atoms with van der Waals surface area (Å²) in [5.41, 5.74) is 4.00. The van der Waals surface area contributed by atoms with Crippen molar-refractivity contribution in [2.75, 3.05) is 32.3 Å². The van der Waals surface area contributed by atoms with E-state index in [2.05, 4.69) is 16.0 Å². The average molecular weight is 340 g/mol. The number of hydrogen-bond donors (Lipinski definition) is 0. The van der Waals surface area contributed by atoms with E-state index in [0.717, 1.165) is 29.9 Å². The third-order valence-corrected chi connectivity index (χ3v) is 4.76. The van der Waals surface area contributed by atoms with Crippen molar-refractivity contribution in [3.8, 4) is 5.88 Å². The Labute approximate surface area is 146 Å². The van der Waals surface area contributed by atoms with Gasteiger partial charge in [0.25, 0.3) is 0 Å². The lowest BCUT2D eigenvalue weighted by molar-refractivity contribution is 0.0152. The van der Waals surface area contributed by atoms with Gasteiger partial charge in [-0.15, -0.1) is 0 Å². The largest absolute Gasteiger partial charge is 0.481 e. The van der Waals surface area contributed by atoms with Crippen LogP contribution in [0.4, 0.5) is 5.82 Å². The molecule has 0 radical (unpaired) electrons. The third-order valence-electron chi connectivity index (χ3n) is 4.76. The maximum atomic E-state index is 12.2. The molecule has 2 aromatic rings. The maximum Gasteiger partial charge on any atom is 0.339 e. The number of cyclic esters (lactones) is 1. The number of methoxy groups -OCH3 is 2. The number of hydrogen-bond acceptors (Lipinski definition) is 6. The van der Waals surface area contributed by atoms with Gasteiger partial charge in [-0.2, -0.15) is 4.98 Å². The lowest BCUT2D eigenvalue weighted by Gasteiger charge is -2.30. The molecule has 6 nitrogen and oxygen atoms in total. The Kier molecular flexibility index (Phi) is 4.05. The van der Waals surface area contributed by atoms with Crippen molar-refractivity contribution >= 4 is 11.8 Å². The van der Waals surface area contributed by atoms with Crippen LogP contribution in [0.25, 0.3) is 0 Å². The average Bonchev–Trinajstić information content (AvgIpc) is 2.95. The number of aromatic nitrogens is 1. The molecule has 0 spiro atoms. The predicted molar refractivity (Wildman–Crippen MR) is 92.0 cm³/mol. The fourth-order valence-corrected chi connectivity index (χ4v) is 3.49. The van der Waals surface area contributed by atoms with Crippen LogP contribution in [0.5, 0.6) is 5.88 Å². The number of carbonyl (C=O) groups is 1. The monoisotopic (exact) mass is 340 g/mol. The first-order valence-electron chi connectivity index (χ1n) is 8.31. The lowest BCUT2D eigenvalue weighted by atomic mass is 9.92. The molecule has 130 valence electrons. The molecule has 1 unspecified atom stereocenters. The van der Waals surface area contributed by atoms with Crippen molar-refractivity contribution in [2.24, 2.45) is 0 Å². The predicted octanol–water partition coefficient (Wildman–Crippen LogP) is 2.51. The zero-order valence-corrected chi connectivity index (χ0v) is 14.3. The van der Waals surface area contributed by atoms with Gasteiger partial charge >= 0.3 is 5.97 Å². The summed E-state index contributed by atoms with van der Waals surface area (Å²) in [7, 11) is 3.23. The van der Waals surface area contributed by atoms with Gasteiger partial charge in [0.05, 0.1) is 19.3 Å². The summed E-state index contributed by atoms with van der Waals surface area (Å²) in [6.07, 6.45) is 0.603. The minimum Gasteiger partial charge on any atom is -0.481 e. The van der Waals surface area contributed by atoms with Crippen LogP contribution in [0, 0.1) is 0 Å². The summed E-state index contributed by atoms with van der Waals surface area (Å²) in [6, 6.07) is 9.82. The Hall–Kier alpha value is -2.60. The van der Waals surface area contributed by atoms with Crippen molar-refractivity contribution in [3.05, 3.63) is 52.6 Å². The molecule has 6 heteroatoms. The van der Waals surface area contributed by atoms with E-state index in [0.29, 0.717) is 24.6 Å². The van der Waals surface area contributed by atoms with Crippen molar-refractivity contribution in [1.82, 2.24) is 4.98 Å². The van der Waals surface area contributed by atoms with Gasteiger partial charge in [0.15, 0.2) is 6.10 Å². The molecule has 25 heavy (non-hydrogen) atoms. The number of anilines is 1. The second-order valence-corrected chi connectivity index (χ2v) is 6.27. The van der Waals surface area contributed by atoms with Crippen LogP contribution in [-0.2, 0) is 22.4 Å². The van der Waals surface area contributed by atoms with Crippen LogP contribution in [0.3, 0.4) is 0 Å². The van der Waals surface area contributed by atoms with Gasteiger partial charge in [-0.05, 0) is 29.7 Å². The molecular formula is C19H20N2O4. The molecule has 0 saturated heterocycles. The SMILES string of the molecule is COCC1OC(=O)c2cc3c(cc21)CCN(c1cccc(OC)n1)C3. The molecule has 1 atom stereocenters. The number of rotatable bonds is 4. The van der Waals surface area contributed by atoms with Crippen LogP contribution in [0.2, 0.25) is 0 Å². The second-order valence-electron chi connectivity index (χ2n) is 6.27. The van der Waals surface area contributed by atoms with Crippen molar-refractivity contribution in [2.45, 2.75) is 19.1 Å². The molecule has 1 aromatic heterocycles. The van der Waals surface area contributed by atoms with Crippen LogP contribution in [0.1, 0.15) is 33.2 Å². The highest BCUT2D eigenvalue weighted by molar-refractivity contribution is 5.94. The zero-order valence-electron chi connectivity index (χ0n) is 14.3. The van der Waals surface area contributed by atoms with E-state index in [4.69, 9.17) is 14.2 Å². The Balaban J connectivity index is 1.64. The number of ether oxygens (including phenoxy) is 3. The van der Waals surface area contributed by atoms with Gasteiger partial charge < -0.3 is 19.1 Å². The molecule has 0 N–H and O–H groups in total. The van der Waals surface area contributed by atoms with E-state index in [-0.39, 0.29) is 12.1 Å². The molecule has 1 aromatic carbocycles. The first kappa shape index (κ1) is 15.9. The quantitative estimate of drug-likeness (QED) is 0.797. The molecule has 0 saturated carbocycles. The molecule has 0 bridgehead atoms. The molecule has 2 aliphatic rings. The van der Waals surface area contributed by atoms with E-state index >= 15 is 0 Å². The van der Waals surface area contributed by atoms with E-state index < -0.39 is 0 Å². The van der Waals surface area contributed by atoms with Gasteiger partial charge in [0, 0.05) is 31.8 Å². The van der Waals surface area contributed by atoms with Crippen LogP contribution in [0.15, 0.2) is 30.3 Å². The number of carbonyl (C=O) groups excluding carboxylic acids is 1. The smallest absolute Gasteiger partial charge is 0.339 e. The number of benzene rings is 1. The van der Waals surface area contributed by atoms with Gasteiger partial charge in [0.2, 0.25) is 5.88 Å². The highest BCUT2D eigenvalue weighted by Gasteiger charge is 2.33. The number of pyridine rings is 1. The van der Waals surface area contributed by atoms with E-state index in [1.807, 2.05) is 24.3 Å². The molecule has 2 aliphatic heterocycles. The van der Waals surface area contributed by atoms with Crippen molar-refractivity contribution < 1.29 is 19.0 Å². The van der Waals surface area contributed by atoms with Crippen LogP contribution in [-0.4, -0.2) is 38.3 Å². The molecule has 4 rings (SSSR count). The number of esters is 1. The maximum absolute atomic E-state index is 12.2. The first-order chi connectivity index (χ1) is 12.2. The summed E-state index contributed by atoms with van der Waals surface area (Å²) < 4.78 is 15.8. The minimum absolute atomic E-state index is 0.267. The number of nitrogens with zero attached hydrogens (tertiary/aromatic N) is 2. The van der Waals surface area contributed by atoms with Crippen LogP contribution < -0.4 is 9.64 Å². The highest BCUT2D eigenvalue weighted by atomic mass is 16.6. The summed E-state index contributed by atoms with van der Waals surface area (Å²) in [5, 5.41) is 0. The molecule has 0 aliphatic carbocycles. The van der Waals surface area contributed by atoms with Crippen molar-refractivity contribution in [3.63, 3.8) is 0 Å². The van der Waals surface area contributed by atoms with Gasteiger partial charge in [0.1, 0.15) is 5.82 Å². The Morgan fingerprint density at radius 2 is 2.16 bits per heavy atom.